The highest BCUT2D eigenvalue weighted by molar-refractivity contribution is 6.06. The first-order valence-corrected chi connectivity index (χ1v) is 12.9. The van der Waals surface area contributed by atoms with E-state index in [0.29, 0.717) is 35.8 Å². The second-order valence-corrected chi connectivity index (χ2v) is 10.0. The van der Waals surface area contributed by atoms with Crippen LogP contribution in [0.3, 0.4) is 0 Å². The van der Waals surface area contributed by atoms with Crippen LogP contribution in [0.1, 0.15) is 79.0 Å². The van der Waals surface area contributed by atoms with Crippen molar-refractivity contribution in [1.82, 2.24) is 0 Å². The number of carbonyl (C=O) groups excluding carboxylic acids is 2. The van der Waals surface area contributed by atoms with Crippen molar-refractivity contribution < 1.29 is 23.5 Å². The highest BCUT2D eigenvalue weighted by atomic mass is 16.5. The van der Waals surface area contributed by atoms with E-state index in [-0.39, 0.29) is 11.9 Å². The Morgan fingerprint density at radius 2 is 1.46 bits per heavy atom. The average Bonchev–Trinajstić information content (AvgIpc) is 2.83. The maximum Gasteiger partial charge on any atom is 0.338 e. The summed E-state index contributed by atoms with van der Waals surface area (Å²) in [7, 11) is 6.44. The van der Waals surface area contributed by atoms with E-state index in [9.17, 15) is 9.59 Å². The molecule has 0 aromatic heterocycles. The molecule has 0 unspecified atom stereocenters. The van der Waals surface area contributed by atoms with Crippen LogP contribution in [-0.2, 0) is 4.74 Å². The fraction of sp³-hybridized carbons (Fsp3) is 0.517. The van der Waals surface area contributed by atoms with Gasteiger partial charge in [0, 0.05) is 5.69 Å². The van der Waals surface area contributed by atoms with E-state index in [4.69, 9.17) is 9.47 Å². The molecule has 2 aromatic carbocycles. The fourth-order valence-electron chi connectivity index (χ4n) is 3.67. The predicted octanol–water partition coefficient (Wildman–Crippen LogP) is 6.32. The van der Waals surface area contributed by atoms with Gasteiger partial charge in [-0.2, -0.15) is 0 Å². The van der Waals surface area contributed by atoms with Gasteiger partial charge >= 0.3 is 5.97 Å². The van der Waals surface area contributed by atoms with Crippen molar-refractivity contribution in [2.75, 3.05) is 46.2 Å². The lowest BCUT2D eigenvalue weighted by molar-refractivity contribution is -0.870. The maximum atomic E-state index is 12.9. The van der Waals surface area contributed by atoms with Crippen molar-refractivity contribution in [2.24, 2.45) is 0 Å². The summed E-state index contributed by atoms with van der Waals surface area (Å²) >= 11 is 0. The van der Waals surface area contributed by atoms with Crippen LogP contribution in [0.15, 0.2) is 48.5 Å². The number of quaternary nitrogens is 1. The van der Waals surface area contributed by atoms with E-state index >= 15 is 0 Å². The Labute approximate surface area is 211 Å². The first kappa shape index (κ1) is 28.4. The Kier molecular flexibility index (Phi) is 12.3. The molecule has 0 saturated heterocycles. The maximum absolute atomic E-state index is 12.9. The number of anilines is 1. The highest BCUT2D eigenvalue weighted by Gasteiger charge is 2.14. The molecule has 0 aliphatic heterocycles. The molecular formula is C29H43N2O4+. The Bertz CT molecular complexity index is 904. The van der Waals surface area contributed by atoms with E-state index < -0.39 is 0 Å². The first-order valence-electron chi connectivity index (χ1n) is 12.9. The summed E-state index contributed by atoms with van der Waals surface area (Å²) in [6.45, 7) is 4.26. The minimum Gasteiger partial charge on any atom is -0.493 e. The number of carbonyl (C=O) groups is 2. The summed E-state index contributed by atoms with van der Waals surface area (Å²) < 4.78 is 12.2. The van der Waals surface area contributed by atoms with E-state index in [1.54, 1.807) is 30.3 Å². The number of rotatable bonds is 16. The molecule has 0 atom stereocenters. The van der Waals surface area contributed by atoms with E-state index in [1.807, 2.05) is 18.2 Å². The highest BCUT2D eigenvalue weighted by Crippen LogP contribution is 2.21. The summed E-state index contributed by atoms with van der Waals surface area (Å²) in [5, 5.41) is 2.89. The van der Waals surface area contributed by atoms with Crippen molar-refractivity contribution in [3.05, 3.63) is 59.7 Å². The number of para-hydroxylation sites is 1. The van der Waals surface area contributed by atoms with Gasteiger partial charge in [-0.25, -0.2) is 4.79 Å². The van der Waals surface area contributed by atoms with Crippen LogP contribution >= 0.6 is 0 Å². The molecule has 6 heteroatoms. The van der Waals surface area contributed by atoms with Gasteiger partial charge in [0.2, 0.25) is 0 Å². The van der Waals surface area contributed by atoms with Gasteiger partial charge in [-0.15, -0.1) is 0 Å². The lowest BCUT2D eigenvalue weighted by atomic mass is 10.1. The number of amides is 1. The van der Waals surface area contributed by atoms with Crippen LogP contribution in [0.5, 0.6) is 5.75 Å². The lowest BCUT2D eigenvalue weighted by Gasteiger charge is -2.23. The molecule has 1 amide bonds. The monoisotopic (exact) mass is 483 g/mol. The van der Waals surface area contributed by atoms with Crippen LogP contribution < -0.4 is 10.1 Å². The number of hydrogen-bond acceptors (Lipinski definition) is 4. The van der Waals surface area contributed by atoms with Crippen LogP contribution in [0, 0.1) is 0 Å². The molecule has 192 valence electrons. The number of benzene rings is 2. The molecule has 0 spiro atoms. The molecule has 2 rings (SSSR count). The second kappa shape index (κ2) is 15.2. The molecule has 0 radical (unpaired) electrons. The number of nitrogens with zero attached hydrogens (tertiary/aromatic N) is 1. The van der Waals surface area contributed by atoms with Crippen molar-refractivity contribution in [2.45, 2.75) is 58.3 Å². The van der Waals surface area contributed by atoms with Crippen molar-refractivity contribution in [3.8, 4) is 5.75 Å². The number of ether oxygens (including phenoxy) is 2. The van der Waals surface area contributed by atoms with E-state index in [0.717, 1.165) is 36.7 Å². The summed E-state index contributed by atoms with van der Waals surface area (Å²) in [5.41, 5.74) is 1.58. The zero-order chi connectivity index (χ0) is 25.5. The average molecular weight is 484 g/mol. The largest absolute Gasteiger partial charge is 0.493 e. The molecule has 0 aliphatic carbocycles. The van der Waals surface area contributed by atoms with Crippen molar-refractivity contribution >= 4 is 17.6 Å². The van der Waals surface area contributed by atoms with Gasteiger partial charge in [0.1, 0.15) is 5.75 Å². The minimum absolute atomic E-state index is 0.240. The smallest absolute Gasteiger partial charge is 0.338 e. The van der Waals surface area contributed by atoms with Crippen LogP contribution in [0.4, 0.5) is 5.69 Å². The minimum atomic E-state index is -0.346. The number of hydrogen-bond donors (Lipinski definition) is 1. The summed E-state index contributed by atoms with van der Waals surface area (Å²) in [4.78, 5) is 25.1. The van der Waals surface area contributed by atoms with E-state index in [2.05, 4.69) is 33.4 Å². The molecule has 0 heterocycles. The third-order valence-corrected chi connectivity index (χ3v) is 5.72. The third-order valence-electron chi connectivity index (χ3n) is 5.72. The van der Waals surface area contributed by atoms with Gasteiger partial charge in [0.05, 0.1) is 52.0 Å². The van der Waals surface area contributed by atoms with E-state index in [1.165, 1.54) is 25.7 Å². The molecule has 0 saturated carbocycles. The quantitative estimate of drug-likeness (QED) is 0.172. The van der Waals surface area contributed by atoms with Crippen molar-refractivity contribution in [3.63, 3.8) is 0 Å². The molecule has 2 aromatic rings. The van der Waals surface area contributed by atoms with Gasteiger partial charge in [0.15, 0.2) is 0 Å². The van der Waals surface area contributed by atoms with Crippen molar-refractivity contribution in [1.29, 1.82) is 0 Å². The van der Waals surface area contributed by atoms with Crippen LogP contribution in [0.2, 0.25) is 0 Å². The molecule has 35 heavy (non-hydrogen) atoms. The summed E-state index contributed by atoms with van der Waals surface area (Å²) in [5.74, 6) is 0.00158. The Hall–Kier alpha value is -2.86. The van der Waals surface area contributed by atoms with Crippen LogP contribution in [-0.4, -0.2) is 57.3 Å². The van der Waals surface area contributed by atoms with Gasteiger partial charge in [-0.05, 0) is 55.7 Å². The molecule has 0 fully saturated rings. The Morgan fingerprint density at radius 3 is 2.17 bits per heavy atom. The Balaban J connectivity index is 1.80. The lowest BCUT2D eigenvalue weighted by Crippen LogP contribution is -2.35. The Morgan fingerprint density at radius 1 is 0.800 bits per heavy atom. The van der Waals surface area contributed by atoms with Gasteiger partial charge in [0.25, 0.3) is 5.91 Å². The standard InChI is InChI=1S/C29H42N2O4/c1-5-6-7-8-9-13-22-34-27-16-11-10-15-26(27)28(32)30-25-19-17-24(18-20-25)29(33)35-23-14-12-21-31(2,3)4/h10-11,15-20H,5-9,12-14,21-23H2,1-4H3/p+1. The summed E-state index contributed by atoms with van der Waals surface area (Å²) in [6.07, 6.45) is 8.97. The zero-order valence-corrected chi connectivity index (χ0v) is 22.0. The number of nitrogens with one attached hydrogen (secondary N) is 1. The third kappa shape index (κ3) is 11.4. The van der Waals surface area contributed by atoms with Gasteiger partial charge < -0.3 is 19.3 Å². The fourth-order valence-corrected chi connectivity index (χ4v) is 3.67. The molecule has 6 nitrogen and oxygen atoms in total. The molecule has 1 N–H and O–H groups in total. The SMILES string of the molecule is CCCCCCCCOc1ccccc1C(=O)Nc1ccc(C(=O)OCCCC[N+](C)(C)C)cc1. The first-order chi connectivity index (χ1) is 16.8. The molecule has 0 bridgehead atoms. The van der Waals surface area contributed by atoms with Gasteiger partial charge in [-0.3, -0.25) is 4.79 Å². The van der Waals surface area contributed by atoms with Gasteiger partial charge in [-0.1, -0.05) is 51.2 Å². The second-order valence-electron chi connectivity index (χ2n) is 10.0. The zero-order valence-electron chi connectivity index (χ0n) is 22.0. The normalized spacial score (nSPS) is 11.2. The molecule has 0 aliphatic rings. The summed E-state index contributed by atoms with van der Waals surface area (Å²) in [6, 6.07) is 14.1. The van der Waals surface area contributed by atoms with Crippen LogP contribution in [0.25, 0.3) is 0 Å². The predicted molar refractivity (Wildman–Crippen MR) is 142 cm³/mol. The molecular weight excluding hydrogens is 440 g/mol. The number of unbranched alkanes of at least 4 members (excludes halogenated alkanes) is 6. The topological polar surface area (TPSA) is 64.6 Å². The number of esters is 1.